The van der Waals surface area contributed by atoms with Crippen molar-refractivity contribution in [2.75, 3.05) is 5.32 Å². The van der Waals surface area contributed by atoms with E-state index in [1.165, 1.54) is 6.07 Å². The highest BCUT2D eigenvalue weighted by Gasteiger charge is 2.45. The van der Waals surface area contributed by atoms with Crippen molar-refractivity contribution in [1.82, 2.24) is 0 Å². The molecule has 114 valence electrons. The van der Waals surface area contributed by atoms with Gasteiger partial charge in [0.05, 0.1) is 5.92 Å². The first-order valence-electron chi connectivity index (χ1n) is 6.73. The number of amides is 1. The molecule has 0 heterocycles. The van der Waals surface area contributed by atoms with Crippen LogP contribution in [0.25, 0.3) is 0 Å². The average Bonchev–Trinajstić information content (AvgIpc) is 3.09. The number of ether oxygens (including phenoxy) is 1. The molecule has 0 bridgehead atoms. The number of hydrogen-bond acceptors (Lipinski definition) is 4. The molecule has 6 nitrogen and oxygen atoms in total. The summed E-state index contributed by atoms with van der Waals surface area (Å²) in [7, 11) is 0. The number of phenols is 1. The zero-order chi connectivity index (χ0) is 15.8. The molecule has 0 aliphatic heterocycles. The van der Waals surface area contributed by atoms with E-state index in [1.54, 1.807) is 32.9 Å². The predicted molar refractivity (Wildman–Crippen MR) is 76.4 cm³/mol. The number of rotatable bonds is 3. The minimum absolute atomic E-state index is 0.0403. The first kappa shape index (κ1) is 15.2. The highest BCUT2D eigenvalue weighted by atomic mass is 16.6. The number of aromatic hydroxyl groups is 1. The summed E-state index contributed by atoms with van der Waals surface area (Å²) in [5, 5.41) is 21.3. The molecule has 1 amide bonds. The zero-order valence-corrected chi connectivity index (χ0v) is 12.2. The van der Waals surface area contributed by atoms with Crippen LogP contribution < -0.4 is 5.32 Å². The van der Waals surface area contributed by atoms with Crippen molar-refractivity contribution >= 4 is 17.7 Å². The van der Waals surface area contributed by atoms with Gasteiger partial charge in [0.25, 0.3) is 0 Å². The van der Waals surface area contributed by atoms with Gasteiger partial charge in [-0.25, -0.2) is 4.79 Å². The normalized spacial score (nSPS) is 20.7. The van der Waals surface area contributed by atoms with Crippen LogP contribution in [0.3, 0.4) is 0 Å². The Kier molecular flexibility index (Phi) is 3.80. The molecule has 1 saturated carbocycles. The zero-order valence-electron chi connectivity index (χ0n) is 12.2. The Morgan fingerprint density at radius 3 is 2.52 bits per heavy atom. The quantitative estimate of drug-likeness (QED) is 0.745. The highest BCUT2D eigenvalue weighted by molar-refractivity contribution is 5.85. The molecule has 1 aromatic carbocycles. The molecule has 1 aromatic rings. The van der Waals surface area contributed by atoms with Gasteiger partial charge in [-0.2, -0.15) is 0 Å². The van der Waals surface area contributed by atoms with Crippen LogP contribution in [0.5, 0.6) is 5.75 Å². The third-order valence-corrected chi connectivity index (χ3v) is 3.18. The number of benzene rings is 1. The van der Waals surface area contributed by atoms with Crippen molar-refractivity contribution in [1.29, 1.82) is 0 Å². The first-order chi connectivity index (χ1) is 9.67. The van der Waals surface area contributed by atoms with Crippen molar-refractivity contribution in [3.8, 4) is 5.75 Å². The molecule has 0 radical (unpaired) electrons. The lowest BCUT2D eigenvalue weighted by Crippen LogP contribution is -2.27. The Morgan fingerprint density at radius 1 is 1.33 bits per heavy atom. The van der Waals surface area contributed by atoms with E-state index >= 15 is 0 Å². The van der Waals surface area contributed by atoms with Crippen LogP contribution in [0.4, 0.5) is 10.5 Å². The predicted octanol–water partition coefficient (Wildman–Crippen LogP) is 2.93. The van der Waals surface area contributed by atoms with Crippen LogP contribution >= 0.6 is 0 Å². The van der Waals surface area contributed by atoms with Crippen molar-refractivity contribution in [3.05, 3.63) is 23.8 Å². The monoisotopic (exact) mass is 293 g/mol. The number of carboxylic acid groups (broad SMARTS) is 1. The summed E-state index contributed by atoms with van der Waals surface area (Å²) in [6.07, 6.45) is -0.0941. The van der Waals surface area contributed by atoms with Crippen LogP contribution in [-0.2, 0) is 9.53 Å². The number of carboxylic acids is 1. The lowest BCUT2D eigenvalue weighted by molar-refractivity contribution is -0.138. The second-order valence-corrected chi connectivity index (χ2v) is 6.19. The highest BCUT2D eigenvalue weighted by Crippen LogP contribution is 2.50. The molecule has 3 N–H and O–H groups in total. The fourth-order valence-corrected chi connectivity index (χ4v) is 2.16. The SMILES string of the molecule is CC(C)(C)OC(=O)Nc1ccc(O)c([C@@H]2C[C@H]2C(=O)O)c1. The molecule has 2 rings (SSSR count). The standard InChI is InChI=1S/C15H19NO5/c1-15(2,3)21-14(20)16-8-4-5-12(17)10(6-8)9-7-11(9)13(18)19/h4-6,9,11,17H,7H2,1-3H3,(H,16,20)(H,18,19)/t9-,11+/m0/s1. The summed E-state index contributed by atoms with van der Waals surface area (Å²) in [6, 6.07) is 4.58. The topological polar surface area (TPSA) is 95.9 Å². The summed E-state index contributed by atoms with van der Waals surface area (Å²) in [5.41, 5.74) is 0.401. The number of phenolic OH excluding ortho intramolecular Hbond substituents is 1. The summed E-state index contributed by atoms with van der Waals surface area (Å²) < 4.78 is 5.14. The van der Waals surface area contributed by atoms with E-state index in [4.69, 9.17) is 9.84 Å². The number of hydrogen-bond donors (Lipinski definition) is 3. The molecule has 0 saturated heterocycles. The van der Waals surface area contributed by atoms with E-state index in [1.807, 2.05) is 0 Å². The fraction of sp³-hybridized carbons (Fsp3) is 0.467. The second kappa shape index (κ2) is 5.27. The third-order valence-electron chi connectivity index (χ3n) is 3.18. The largest absolute Gasteiger partial charge is 0.508 e. The molecule has 1 fully saturated rings. The van der Waals surface area contributed by atoms with Gasteiger partial charge in [-0.15, -0.1) is 0 Å². The van der Waals surface area contributed by atoms with E-state index in [-0.39, 0.29) is 11.7 Å². The molecular weight excluding hydrogens is 274 g/mol. The number of nitrogens with one attached hydrogen (secondary N) is 1. The van der Waals surface area contributed by atoms with E-state index in [0.717, 1.165) is 0 Å². The maximum absolute atomic E-state index is 11.7. The van der Waals surface area contributed by atoms with Gasteiger partial charge in [0.15, 0.2) is 0 Å². The van der Waals surface area contributed by atoms with Crippen LogP contribution in [0.15, 0.2) is 18.2 Å². The van der Waals surface area contributed by atoms with E-state index in [9.17, 15) is 14.7 Å². The van der Waals surface area contributed by atoms with Crippen molar-refractivity contribution in [3.63, 3.8) is 0 Å². The second-order valence-electron chi connectivity index (χ2n) is 6.19. The third kappa shape index (κ3) is 3.87. The van der Waals surface area contributed by atoms with Crippen LogP contribution in [-0.4, -0.2) is 27.9 Å². The molecule has 6 heteroatoms. The Balaban J connectivity index is 2.09. The van der Waals surface area contributed by atoms with Gasteiger partial charge < -0.3 is 14.9 Å². The van der Waals surface area contributed by atoms with Gasteiger partial charge in [-0.1, -0.05) is 0 Å². The lowest BCUT2D eigenvalue weighted by atomic mass is 10.1. The minimum Gasteiger partial charge on any atom is -0.508 e. The lowest BCUT2D eigenvalue weighted by Gasteiger charge is -2.20. The van der Waals surface area contributed by atoms with Gasteiger partial charge >= 0.3 is 12.1 Å². The van der Waals surface area contributed by atoms with Crippen LogP contribution in [0.2, 0.25) is 0 Å². The molecule has 21 heavy (non-hydrogen) atoms. The minimum atomic E-state index is -0.870. The van der Waals surface area contributed by atoms with Crippen molar-refractivity contribution in [2.24, 2.45) is 5.92 Å². The Bertz CT molecular complexity index is 576. The summed E-state index contributed by atoms with van der Waals surface area (Å²) in [4.78, 5) is 22.6. The van der Waals surface area contributed by atoms with Gasteiger partial charge in [-0.3, -0.25) is 10.1 Å². The maximum atomic E-state index is 11.7. The Labute approximate surface area is 122 Å². The summed E-state index contributed by atoms with van der Waals surface area (Å²) >= 11 is 0. The van der Waals surface area contributed by atoms with Crippen LogP contribution in [0.1, 0.15) is 38.7 Å². The number of aliphatic carboxylic acids is 1. The first-order valence-corrected chi connectivity index (χ1v) is 6.73. The molecule has 1 aliphatic carbocycles. The average molecular weight is 293 g/mol. The van der Waals surface area contributed by atoms with E-state index in [2.05, 4.69) is 5.32 Å². The van der Waals surface area contributed by atoms with Crippen LogP contribution in [0, 0.1) is 5.92 Å². The summed E-state index contributed by atoms with van der Waals surface area (Å²) in [5.74, 6) is -1.50. The van der Waals surface area contributed by atoms with Gasteiger partial charge in [0.1, 0.15) is 11.4 Å². The number of anilines is 1. The van der Waals surface area contributed by atoms with Crippen molar-refractivity contribution in [2.45, 2.75) is 38.7 Å². The Morgan fingerprint density at radius 2 is 2.00 bits per heavy atom. The number of carbonyl (C=O) groups is 2. The molecule has 2 atom stereocenters. The smallest absolute Gasteiger partial charge is 0.412 e. The van der Waals surface area contributed by atoms with E-state index < -0.39 is 23.6 Å². The van der Waals surface area contributed by atoms with E-state index in [0.29, 0.717) is 17.7 Å². The van der Waals surface area contributed by atoms with Gasteiger partial charge in [0.2, 0.25) is 0 Å². The Hall–Kier alpha value is -2.24. The molecule has 0 aromatic heterocycles. The molecule has 1 aliphatic rings. The maximum Gasteiger partial charge on any atom is 0.412 e. The molecular formula is C15H19NO5. The van der Waals surface area contributed by atoms with Crippen molar-refractivity contribution < 1.29 is 24.5 Å². The molecule has 0 spiro atoms. The van der Waals surface area contributed by atoms with Gasteiger partial charge in [0, 0.05) is 11.6 Å². The number of carbonyl (C=O) groups excluding carboxylic acids is 1. The molecule has 0 unspecified atom stereocenters. The van der Waals surface area contributed by atoms with Gasteiger partial charge in [-0.05, 0) is 51.0 Å². The summed E-state index contributed by atoms with van der Waals surface area (Å²) in [6.45, 7) is 5.28. The fourth-order valence-electron chi connectivity index (χ4n) is 2.16.